The zero-order valence-electron chi connectivity index (χ0n) is 13.0. The van der Waals surface area contributed by atoms with E-state index in [2.05, 4.69) is 31.3 Å². The number of aryl methyl sites for hydroxylation is 2. The quantitative estimate of drug-likeness (QED) is 0.695. The third-order valence-corrected chi connectivity index (χ3v) is 4.25. The Balaban J connectivity index is 2.02. The first kappa shape index (κ1) is 16.7. The first-order valence-electron chi connectivity index (χ1n) is 7.21. The van der Waals surface area contributed by atoms with Gasteiger partial charge in [0.05, 0.1) is 5.02 Å². The van der Waals surface area contributed by atoms with Crippen molar-refractivity contribution in [1.29, 1.82) is 0 Å². The normalized spacial score (nSPS) is 10.7. The standard InChI is InChI=1S/C17H14BrClN4O/c1-10-5-3-6-11(2)15(10)21-17(24)13-9-14(18)22-23(13)16-12(19)7-4-8-20-16/h3-9H,1-2H3,(H,21,24). The Morgan fingerprint density at radius 2 is 1.92 bits per heavy atom. The Bertz CT molecular complexity index is 902. The minimum absolute atomic E-state index is 0.285. The highest BCUT2D eigenvalue weighted by Crippen LogP contribution is 2.24. The molecule has 1 aromatic carbocycles. The van der Waals surface area contributed by atoms with Gasteiger partial charge in [-0.25, -0.2) is 9.67 Å². The minimum atomic E-state index is -0.285. The van der Waals surface area contributed by atoms with E-state index in [0.717, 1.165) is 16.8 Å². The van der Waals surface area contributed by atoms with Gasteiger partial charge in [0.15, 0.2) is 5.82 Å². The summed E-state index contributed by atoms with van der Waals surface area (Å²) in [5, 5.41) is 7.63. The van der Waals surface area contributed by atoms with Gasteiger partial charge in [-0.1, -0.05) is 29.8 Å². The average Bonchev–Trinajstić information content (AvgIpc) is 2.93. The van der Waals surface area contributed by atoms with Crippen molar-refractivity contribution in [3.05, 3.63) is 69.0 Å². The molecular formula is C17H14BrClN4O. The topological polar surface area (TPSA) is 59.8 Å². The van der Waals surface area contributed by atoms with Crippen molar-refractivity contribution in [3.8, 4) is 5.82 Å². The minimum Gasteiger partial charge on any atom is -0.320 e. The molecule has 122 valence electrons. The van der Waals surface area contributed by atoms with Gasteiger partial charge in [-0.15, -0.1) is 0 Å². The molecule has 0 spiro atoms. The number of benzene rings is 1. The lowest BCUT2D eigenvalue weighted by Crippen LogP contribution is -2.18. The van der Waals surface area contributed by atoms with Gasteiger partial charge in [-0.3, -0.25) is 4.79 Å². The Morgan fingerprint density at radius 1 is 1.21 bits per heavy atom. The number of nitrogens with one attached hydrogen (secondary N) is 1. The number of aromatic nitrogens is 3. The van der Waals surface area contributed by atoms with Gasteiger partial charge in [-0.05, 0) is 53.0 Å². The van der Waals surface area contributed by atoms with E-state index in [1.807, 2.05) is 32.0 Å². The van der Waals surface area contributed by atoms with Gasteiger partial charge in [0.1, 0.15) is 10.3 Å². The third-order valence-electron chi connectivity index (χ3n) is 3.57. The van der Waals surface area contributed by atoms with Crippen LogP contribution in [0.3, 0.4) is 0 Å². The monoisotopic (exact) mass is 404 g/mol. The van der Waals surface area contributed by atoms with Gasteiger partial charge in [-0.2, -0.15) is 5.10 Å². The molecule has 7 heteroatoms. The largest absolute Gasteiger partial charge is 0.320 e. The first-order chi connectivity index (χ1) is 11.5. The molecule has 0 unspecified atom stereocenters. The molecule has 0 radical (unpaired) electrons. The third kappa shape index (κ3) is 3.20. The summed E-state index contributed by atoms with van der Waals surface area (Å²) in [6, 6.07) is 10.9. The fraction of sp³-hybridized carbons (Fsp3) is 0.118. The van der Waals surface area contributed by atoms with Crippen LogP contribution in [0.4, 0.5) is 5.69 Å². The second-order valence-electron chi connectivity index (χ2n) is 5.29. The average molecular weight is 406 g/mol. The van der Waals surface area contributed by atoms with E-state index in [1.54, 1.807) is 24.4 Å². The summed E-state index contributed by atoms with van der Waals surface area (Å²) in [6.45, 7) is 3.90. The molecule has 24 heavy (non-hydrogen) atoms. The second-order valence-corrected chi connectivity index (χ2v) is 6.51. The number of hydrogen-bond donors (Lipinski definition) is 1. The lowest BCUT2D eigenvalue weighted by molar-refractivity contribution is 0.101. The highest BCUT2D eigenvalue weighted by Gasteiger charge is 2.19. The summed E-state index contributed by atoms with van der Waals surface area (Å²) in [5.41, 5.74) is 3.11. The van der Waals surface area contributed by atoms with E-state index < -0.39 is 0 Å². The fourth-order valence-corrected chi connectivity index (χ4v) is 2.97. The van der Waals surface area contributed by atoms with Gasteiger partial charge >= 0.3 is 0 Å². The van der Waals surface area contributed by atoms with Crippen LogP contribution >= 0.6 is 27.5 Å². The van der Waals surface area contributed by atoms with Crippen LogP contribution in [0.1, 0.15) is 21.6 Å². The van der Waals surface area contributed by atoms with Crippen molar-refractivity contribution in [1.82, 2.24) is 14.8 Å². The number of anilines is 1. The molecule has 0 aliphatic heterocycles. The zero-order chi connectivity index (χ0) is 17.3. The van der Waals surface area contributed by atoms with Gasteiger partial charge < -0.3 is 5.32 Å². The Labute approximate surface area is 152 Å². The van der Waals surface area contributed by atoms with Crippen LogP contribution in [0.5, 0.6) is 0 Å². The maximum absolute atomic E-state index is 12.8. The summed E-state index contributed by atoms with van der Waals surface area (Å²) < 4.78 is 1.95. The fourth-order valence-electron chi connectivity index (χ4n) is 2.40. The van der Waals surface area contributed by atoms with E-state index in [0.29, 0.717) is 21.1 Å². The van der Waals surface area contributed by atoms with Crippen molar-refractivity contribution >= 4 is 39.1 Å². The van der Waals surface area contributed by atoms with E-state index in [1.165, 1.54) is 4.68 Å². The highest BCUT2D eigenvalue weighted by atomic mass is 79.9. The number of rotatable bonds is 3. The molecule has 1 N–H and O–H groups in total. The van der Waals surface area contributed by atoms with Crippen molar-refractivity contribution < 1.29 is 4.79 Å². The predicted molar refractivity (Wildman–Crippen MR) is 97.9 cm³/mol. The highest BCUT2D eigenvalue weighted by molar-refractivity contribution is 9.10. The molecule has 0 aliphatic rings. The number of hydrogen-bond acceptors (Lipinski definition) is 3. The predicted octanol–water partition coefficient (Wildman–Crippen LogP) is 4.55. The lowest BCUT2D eigenvalue weighted by atomic mass is 10.1. The Hall–Kier alpha value is -2.18. The lowest BCUT2D eigenvalue weighted by Gasteiger charge is -2.12. The summed E-state index contributed by atoms with van der Waals surface area (Å²) in [5.74, 6) is 0.115. The summed E-state index contributed by atoms with van der Waals surface area (Å²) in [6.07, 6.45) is 1.60. The van der Waals surface area contributed by atoms with Crippen LogP contribution < -0.4 is 5.32 Å². The first-order valence-corrected chi connectivity index (χ1v) is 8.38. The van der Waals surface area contributed by atoms with E-state index >= 15 is 0 Å². The molecule has 0 saturated heterocycles. The number of amides is 1. The van der Waals surface area contributed by atoms with Crippen LogP contribution in [0.2, 0.25) is 5.02 Å². The smallest absolute Gasteiger partial charge is 0.274 e. The molecule has 0 bridgehead atoms. The molecule has 0 fully saturated rings. The molecule has 3 aromatic rings. The molecule has 0 aliphatic carbocycles. The van der Waals surface area contributed by atoms with Crippen LogP contribution in [0.25, 0.3) is 5.82 Å². The van der Waals surface area contributed by atoms with Gasteiger partial charge in [0.25, 0.3) is 5.91 Å². The molecule has 2 heterocycles. The summed E-state index contributed by atoms with van der Waals surface area (Å²) >= 11 is 9.49. The van der Waals surface area contributed by atoms with Crippen molar-refractivity contribution in [2.75, 3.05) is 5.32 Å². The maximum atomic E-state index is 12.8. The number of pyridine rings is 1. The molecular weight excluding hydrogens is 392 g/mol. The number of nitrogens with zero attached hydrogens (tertiary/aromatic N) is 3. The van der Waals surface area contributed by atoms with E-state index in [9.17, 15) is 4.79 Å². The zero-order valence-corrected chi connectivity index (χ0v) is 15.4. The molecule has 3 rings (SSSR count). The van der Waals surface area contributed by atoms with Crippen LogP contribution in [-0.2, 0) is 0 Å². The SMILES string of the molecule is Cc1cccc(C)c1NC(=O)c1cc(Br)nn1-c1ncccc1Cl. The van der Waals surface area contributed by atoms with Crippen LogP contribution in [0.15, 0.2) is 47.2 Å². The molecule has 5 nitrogen and oxygen atoms in total. The number of para-hydroxylation sites is 1. The van der Waals surface area contributed by atoms with Gasteiger partial charge in [0, 0.05) is 18.0 Å². The molecule has 1 amide bonds. The van der Waals surface area contributed by atoms with E-state index in [-0.39, 0.29) is 5.91 Å². The van der Waals surface area contributed by atoms with Crippen molar-refractivity contribution in [2.45, 2.75) is 13.8 Å². The van der Waals surface area contributed by atoms with Crippen molar-refractivity contribution in [2.24, 2.45) is 0 Å². The van der Waals surface area contributed by atoms with Crippen LogP contribution in [-0.4, -0.2) is 20.7 Å². The molecule has 2 aromatic heterocycles. The number of carbonyl (C=O) groups is 1. The van der Waals surface area contributed by atoms with E-state index in [4.69, 9.17) is 11.6 Å². The van der Waals surface area contributed by atoms with Crippen molar-refractivity contribution in [3.63, 3.8) is 0 Å². The number of carbonyl (C=O) groups excluding carboxylic acids is 1. The van der Waals surface area contributed by atoms with Gasteiger partial charge in [0.2, 0.25) is 0 Å². The molecule has 0 atom stereocenters. The second kappa shape index (κ2) is 6.75. The summed E-state index contributed by atoms with van der Waals surface area (Å²) in [7, 11) is 0. The Kier molecular flexibility index (Phi) is 4.69. The molecule has 0 saturated carbocycles. The Morgan fingerprint density at radius 3 is 2.58 bits per heavy atom. The summed E-state index contributed by atoms with van der Waals surface area (Å²) in [4.78, 5) is 17.0. The maximum Gasteiger partial charge on any atom is 0.274 e. The van der Waals surface area contributed by atoms with Crippen LogP contribution in [0, 0.1) is 13.8 Å². The number of halogens is 2.